The van der Waals surface area contributed by atoms with Crippen LogP contribution >= 0.6 is 11.5 Å². The van der Waals surface area contributed by atoms with Crippen LogP contribution in [-0.2, 0) is 14.7 Å². The maximum absolute atomic E-state index is 11.9. The van der Waals surface area contributed by atoms with E-state index < -0.39 is 22.5 Å². The van der Waals surface area contributed by atoms with Gasteiger partial charge in [0.05, 0.1) is 6.54 Å². The largest absolute Gasteiger partial charge is 0.724 e. The van der Waals surface area contributed by atoms with E-state index >= 15 is 0 Å². The molecule has 1 fully saturated rings. The summed E-state index contributed by atoms with van der Waals surface area (Å²) < 4.78 is 40.3. The van der Waals surface area contributed by atoms with Gasteiger partial charge in [0.1, 0.15) is 6.04 Å². The highest BCUT2D eigenvalue weighted by Crippen LogP contribution is 2.33. The molecule has 2 amide bonds. The van der Waals surface area contributed by atoms with Crippen molar-refractivity contribution in [3.8, 4) is 0 Å². The summed E-state index contributed by atoms with van der Waals surface area (Å²) >= 11 is 1.25. The minimum atomic E-state index is -4.98. The molecule has 0 radical (unpaired) electrons. The summed E-state index contributed by atoms with van der Waals surface area (Å²) in [6.45, 7) is 0.634. The summed E-state index contributed by atoms with van der Waals surface area (Å²) in [6, 6.07) is -1.24. The van der Waals surface area contributed by atoms with Crippen LogP contribution in [0.3, 0.4) is 0 Å². The van der Waals surface area contributed by atoms with E-state index in [1.807, 2.05) is 0 Å². The molecule has 0 aromatic carbocycles. The van der Waals surface area contributed by atoms with Gasteiger partial charge in [-0.1, -0.05) is 6.08 Å². The van der Waals surface area contributed by atoms with Gasteiger partial charge in [-0.05, 0) is 17.1 Å². The van der Waals surface area contributed by atoms with E-state index in [1.54, 1.807) is 17.7 Å². The maximum atomic E-state index is 11.9. The molecule has 0 aliphatic carbocycles. The van der Waals surface area contributed by atoms with E-state index in [2.05, 4.69) is 8.66 Å². The van der Waals surface area contributed by atoms with Gasteiger partial charge in [-0.3, -0.25) is 0 Å². The van der Waals surface area contributed by atoms with Gasteiger partial charge in [0, 0.05) is 23.7 Å². The van der Waals surface area contributed by atoms with Crippen molar-refractivity contribution in [1.29, 1.82) is 0 Å². The van der Waals surface area contributed by atoms with Crippen LogP contribution in [0.2, 0.25) is 0 Å². The van der Waals surface area contributed by atoms with E-state index in [9.17, 15) is 17.8 Å². The number of hydroxylamine groups is 2. The Kier molecular flexibility index (Phi) is 2.82. The summed E-state index contributed by atoms with van der Waals surface area (Å²) in [5.74, 6) is 0. The van der Waals surface area contributed by atoms with Gasteiger partial charge in [0.2, 0.25) is 10.4 Å². The third kappa shape index (κ3) is 2.23. The van der Waals surface area contributed by atoms with E-state index in [-0.39, 0.29) is 6.54 Å². The molecule has 8 nitrogen and oxygen atoms in total. The standard InChI is InChI=1S/C9H9N3O5S2/c13-9-11-2-1-7(6-3-10-18-5-6)8(4-11)12(9)17-19(14,15)16/h1,3,5,8H,2,4H2,(H,14,15,16)/p-1. The topological polar surface area (TPSA) is 103 Å². The predicted octanol–water partition coefficient (Wildman–Crippen LogP) is 0.0381. The maximum Gasteiger partial charge on any atom is 0.346 e. The van der Waals surface area contributed by atoms with Crippen LogP contribution in [-0.4, -0.2) is 52.5 Å². The van der Waals surface area contributed by atoms with Crippen molar-refractivity contribution in [1.82, 2.24) is 14.3 Å². The molecule has 0 N–H and O–H groups in total. The highest BCUT2D eigenvalue weighted by molar-refractivity contribution is 7.80. The molecule has 102 valence electrons. The van der Waals surface area contributed by atoms with Crippen molar-refractivity contribution < 1.29 is 22.0 Å². The molecule has 2 aliphatic heterocycles. The lowest BCUT2D eigenvalue weighted by Gasteiger charge is -2.24. The number of amides is 2. The second-order valence-electron chi connectivity index (χ2n) is 4.08. The summed E-state index contributed by atoms with van der Waals surface area (Å²) in [4.78, 5) is 13.3. The van der Waals surface area contributed by atoms with Crippen LogP contribution in [0.5, 0.6) is 0 Å². The van der Waals surface area contributed by atoms with Crippen molar-refractivity contribution in [3.05, 3.63) is 23.2 Å². The smallest absolute Gasteiger partial charge is 0.346 e. The number of hydrogen-bond donors (Lipinski definition) is 0. The number of carbonyl (C=O) groups excluding carboxylic acids is 1. The average molecular weight is 302 g/mol. The van der Waals surface area contributed by atoms with E-state index in [4.69, 9.17) is 0 Å². The fraction of sp³-hybridized carbons (Fsp3) is 0.333. The van der Waals surface area contributed by atoms with E-state index in [0.29, 0.717) is 11.6 Å². The Bertz CT molecular complexity index is 639. The van der Waals surface area contributed by atoms with Crippen molar-refractivity contribution in [3.63, 3.8) is 0 Å². The molecule has 3 rings (SSSR count). The van der Waals surface area contributed by atoms with Gasteiger partial charge in [0.25, 0.3) is 0 Å². The van der Waals surface area contributed by atoms with Crippen molar-refractivity contribution in [2.45, 2.75) is 6.04 Å². The lowest BCUT2D eigenvalue weighted by atomic mass is 9.99. The molecule has 19 heavy (non-hydrogen) atoms. The van der Waals surface area contributed by atoms with Crippen LogP contribution in [0.25, 0.3) is 5.57 Å². The molecule has 2 bridgehead atoms. The van der Waals surface area contributed by atoms with Gasteiger partial charge in [0.15, 0.2) is 0 Å². The zero-order valence-corrected chi connectivity index (χ0v) is 11.1. The van der Waals surface area contributed by atoms with Crippen molar-refractivity contribution >= 4 is 33.5 Å². The highest BCUT2D eigenvalue weighted by Gasteiger charge is 2.44. The fourth-order valence-electron chi connectivity index (χ4n) is 2.20. The quantitative estimate of drug-likeness (QED) is 0.577. The Balaban J connectivity index is 1.95. The molecular formula is C9H8N3O5S2-. The number of hydrogen-bond acceptors (Lipinski definition) is 7. The minimum absolute atomic E-state index is 0.288. The number of rotatable bonds is 3. The third-order valence-electron chi connectivity index (χ3n) is 2.96. The molecule has 1 atom stereocenters. The van der Waals surface area contributed by atoms with E-state index in [1.165, 1.54) is 16.4 Å². The normalized spacial score (nSPS) is 22.9. The van der Waals surface area contributed by atoms with Gasteiger partial charge in [-0.2, -0.15) is 9.35 Å². The second-order valence-corrected chi connectivity index (χ2v) is 5.71. The monoisotopic (exact) mass is 302 g/mol. The van der Waals surface area contributed by atoms with Crippen LogP contribution in [0.1, 0.15) is 5.56 Å². The first-order valence-electron chi connectivity index (χ1n) is 5.29. The molecular weight excluding hydrogens is 294 g/mol. The SMILES string of the molecule is O=C1N2CC=C(c3cnsc3)C(C2)N1OS(=O)(=O)[O-]. The van der Waals surface area contributed by atoms with E-state index in [0.717, 1.165) is 11.1 Å². The molecule has 0 saturated carbocycles. The second kappa shape index (κ2) is 4.27. The number of carbonyl (C=O) groups is 1. The highest BCUT2D eigenvalue weighted by atomic mass is 32.3. The fourth-order valence-corrected chi connectivity index (χ4v) is 3.11. The summed E-state index contributed by atoms with van der Waals surface area (Å²) in [5.41, 5.74) is 1.53. The molecule has 1 unspecified atom stereocenters. The summed E-state index contributed by atoms with van der Waals surface area (Å²) in [7, 11) is -4.98. The van der Waals surface area contributed by atoms with Crippen molar-refractivity contribution in [2.24, 2.45) is 0 Å². The molecule has 2 aliphatic rings. The lowest BCUT2D eigenvalue weighted by Crippen LogP contribution is -2.36. The Labute approximate surface area is 113 Å². The molecule has 1 saturated heterocycles. The summed E-state index contributed by atoms with van der Waals surface area (Å²) in [6.07, 6.45) is 3.43. The average Bonchev–Trinajstić information content (AvgIpc) is 2.93. The van der Waals surface area contributed by atoms with Gasteiger partial charge in [-0.25, -0.2) is 17.6 Å². The Hall–Kier alpha value is -1.49. The number of urea groups is 1. The van der Waals surface area contributed by atoms with Crippen molar-refractivity contribution in [2.75, 3.05) is 13.1 Å². The molecule has 0 spiro atoms. The van der Waals surface area contributed by atoms with Gasteiger partial charge < -0.3 is 9.45 Å². The van der Waals surface area contributed by atoms with Crippen LogP contribution < -0.4 is 0 Å². The first-order chi connectivity index (χ1) is 8.96. The first kappa shape index (κ1) is 12.5. The zero-order chi connectivity index (χ0) is 13.6. The third-order valence-corrected chi connectivity index (χ3v) is 3.89. The van der Waals surface area contributed by atoms with Crippen LogP contribution in [0.15, 0.2) is 17.7 Å². The Morgan fingerprint density at radius 3 is 2.95 bits per heavy atom. The predicted molar refractivity (Wildman–Crippen MR) is 63.5 cm³/mol. The lowest BCUT2D eigenvalue weighted by molar-refractivity contribution is -0.0171. The molecule has 10 heteroatoms. The number of aromatic nitrogens is 1. The zero-order valence-electron chi connectivity index (χ0n) is 9.42. The van der Waals surface area contributed by atoms with Crippen LogP contribution in [0.4, 0.5) is 4.79 Å². The number of nitrogens with zero attached hydrogens (tertiary/aromatic N) is 3. The van der Waals surface area contributed by atoms with Gasteiger partial charge in [-0.15, -0.1) is 0 Å². The van der Waals surface area contributed by atoms with Gasteiger partial charge >= 0.3 is 6.03 Å². The molecule has 3 heterocycles. The molecule has 1 aromatic rings. The Morgan fingerprint density at radius 1 is 1.53 bits per heavy atom. The minimum Gasteiger partial charge on any atom is -0.724 e. The van der Waals surface area contributed by atoms with Crippen LogP contribution in [0, 0.1) is 0 Å². The Morgan fingerprint density at radius 2 is 2.32 bits per heavy atom. The molecule has 1 aromatic heterocycles. The number of fused-ring (bicyclic) bond motifs is 2. The summed E-state index contributed by atoms with van der Waals surface area (Å²) in [5, 5.41) is 2.41. The first-order valence-corrected chi connectivity index (χ1v) is 7.46.